The van der Waals surface area contributed by atoms with Gasteiger partial charge in [-0.1, -0.05) is 66.4 Å². The normalized spacial score (nSPS) is 15.2. The molecule has 3 rings (SSSR count). The maximum Gasteiger partial charge on any atom is 0.305 e. The molecule has 0 saturated carbocycles. The molecule has 1 aliphatic heterocycles. The van der Waals surface area contributed by atoms with Crippen LogP contribution in [-0.2, 0) is 16.0 Å². The second kappa shape index (κ2) is 10.2. The largest absolute Gasteiger partial charge is 0.494 e. The van der Waals surface area contributed by atoms with Crippen molar-refractivity contribution in [1.82, 2.24) is 4.90 Å². The highest BCUT2D eigenvalue weighted by Crippen LogP contribution is 2.32. The lowest BCUT2D eigenvalue weighted by Crippen LogP contribution is -2.30. The number of carbonyl (C=O) groups excluding carboxylic acids is 1. The van der Waals surface area contributed by atoms with Crippen LogP contribution < -0.4 is 4.74 Å². The molecule has 150 valence electrons. The van der Waals surface area contributed by atoms with Gasteiger partial charge in [0.2, 0.25) is 0 Å². The van der Waals surface area contributed by atoms with Crippen molar-refractivity contribution in [3.8, 4) is 5.75 Å². The molecule has 0 unspecified atom stereocenters. The minimum Gasteiger partial charge on any atom is -0.494 e. The number of thiocarbonyl (C=S) groups is 1. The van der Waals surface area contributed by atoms with Crippen molar-refractivity contribution in [1.29, 1.82) is 0 Å². The molecule has 0 bridgehead atoms. The van der Waals surface area contributed by atoms with Crippen LogP contribution in [-0.4, -0.2) is 39.4 Å². The van der Waals surface area contributed by atoms with E-state index in [1.807, 2.05) is 42.5 Å². The lowest BCUT2D eigenvalue weighted by molar-refractivity contribution is -0.137. The van der Waals surface area contributed by atoms with Crippen molar-refractivity contribution in [2.75, 3.05) is 13.2 Å². The summed E-state index contributed by atoms with van der Waals surface area (Å²) in [5.41, 5.74) is 2.16. The predicted molar refractivity (Wildman–Crippen MR) is 119 cm³/mol. The highest BCUT2D eigenvalue weighted by atomic mass is 32.2. The maximum absolute atomic E-state index is 12.4. The molecule has 0 radical (unpaired) electrons. The number of aryl methyl sites for hydroxylation is 1. The lowest BCUT2D eigenvalue weighted by atomic mass is 10.1. The summed E-state index contributed by atoms with van der Waals surface area (Å²) in [6.07, 6.45) is 3.54. The van der Waals surface area contributed by atoms with Crippen LogP contribution in [0.2, 0.25) is 0 Å². The molecule has 0 aliphatic carbocycles. The van der Waals surface area contributed by atoms with Crippen molar-refractivity contribution in [2.45, 2.75) is 19.3 Å². The summed E-state index contributed by atoms with van der Waals surface area (Å²) >= 11 is 6.38. The van der Waals surface area contributed by atoms with Crippen LogP contribution in [0.1, 0.15) is 24.0 Å². The van der Waals surface area contributed by atoms with Crippen LogP contribution in [0.5, 0.6) is 5.75 Å². The highest BCUT2D eigenvalue weighted by Gasteiger charge is 2.31. The molecule has 0 aromatic heterocycles. The minimum atomic E-state index is -0.956. The third-order valence-corrected chi connectivity index (χ3v) is 5.70. The van der Waals surface area contributed by atoms with E-state index in [1.54, 1.807) is 6.08 Å². The fourth-order valence-electron chi connectivity index (χ4n) is 2.82. The number of nitrogens with zero attached hydrogens (tertiary/aromatic N) is 1. The highest BCUT2D eigenvalue weighted by molar-refractivity contribution is 8.26. The standard InChI is InChI=1S/C22H21NO4S2/c24-20(25)12-13-23-21(26)19(29-22(23)28)15-17-8-10-18(11-9-17)27-14-4-7-16-5-2-1-3-6-16/h1-3,5-6,8-11,15H,4,7,12-14H2,(H,24,25)/b19-15-. The number of carboxylic acids is 1. The van der Waals surface area contributed by atoms with Gasteiger partial charge in [-0.3, -0.25) is 14.5 Å². The first kappa shape index (κ1) is 21.1. The quantitative estimate of drug-likeness (QED) is 0.364. The second-order valence-corrected chi connectivity index (χ2v) is 8.16. The molecule has 5 nitrogen and oxygen atoms in total. The molecule has 2 aromatic rings. The smallest absolute Gasteiger partial charge is 0.305 e. The van der Waals surface area contributed by atoms with E-state index in [0.717, 1.165) is 24.2 Å². The van der Waals surface area contributed by atoms with Gasteiger partial charge in [0.15, 0.2) is 0 Å². The van der Waals surface area contributed by atoms with E-state index >= 15 is 0 Å². The number of rotatable bonds is 9. The van der Waals surface area contributed by atoms with E-state index in [4.69, 9.17) is 22.1 Å². The Labute approximate surface area is 179 Å². The summed E-state index contributed by atoms with van der Waals surface area (Å²) in [5, 5.41) is 8.79. The molecule has 1 saturated heterocycles. The van der Waals surface area contributed by atoms with Gasteiger partial charge < -0.3 is 9.84 Å². The number of thioether (sulfide) groups is 1. The van der Waals surface area contributed by atoms with Crippen LogP contribution >= 0.6 is 24.0 Å². The Morgan fingerprint density at radius 3 is 2.55 bits per heavy atom. The zero-order valence-corrected chi connectivity index (χ0v) is 17.4. The molecule has 0 atom stereocenters. The van der Waals surface area contributed by atoms with Gasteiger partial charge in [-0.25, -0.2) is 0 Å². The number of amides is 1. The number of carboxylic acid groups (broad SMARTS) is 1. The summed E-state index contributed by atoms with van der Waals surface area (Å²) < 4.78 is 6.17. The van der Waals surface area contributed by atoms with Gasteiger partial charge >= 0.3 is 5.97 Å². The van der Waals surface area contributed by atoms with E-state index in [2.05, 4.69) is 12.1 Å². The van der Waals surface area contributed by atoms with E-state index in [-0.39, 0.29) is 18.9 Å². The monoisotopic (exact) mass is 427 g/mol. The topological polar surface area (TPSA) is 66.8 Å². The van der Waals surface area contributed by atoms with Gasteiger partial charge in [0.1, 0.15) is 10.1 Å². The van der Waals surface area contributed by atoms with Crippen molar-refractivity contribution in [3.05, 3.63) is 70.6 Å². The van der Waals surface area contributed by atoms with E-state index < -0.39 is 5.97 Å². The van der Waals surface area contributed by atoms with Gasteiger partial charge in [-0.15, -0.1) is 0 Å². The molecule has 7 heteroatoms. The lowest BCUT2D eigenvalue weighted by Gasteiger charge is -2.12. The first-order chi connectivity index (χ1) is 14.0. The predicted octanol–water partition coefficient (Wildman–Crippen LogP) is 4.37. The average molecular weight is 428 g/mol. The summed E-state index contributed by atoms with van der Waals surface area (Å²) in [4.78, 5) is 25.0. The van der Waals surface area contributed by atoms with Gasteiger partial charge in [0.25, 0.3) is 5.91 Å². The van der Waals surface area contributed by atoms with Crippen molar-refractivity contribution < 1.29 is 19.4 Å². The van der Waals surface area contributed by atoms with Crippen molar-refractivity contribution in [3.63, 3.8) is 0 Å². The SMILES string of the molecule is O=C(O)CCN1C(=O)/C(=C/c2ccc(OCCCc3ccccc3)cc2)SC1=S. The van der Waals surface area contributed by atoms with Gasteiger partial charge in [-0.05, 0) is 42.2 Å². The molecular weight excluding hydrogens is 406 g/mol. The number of carbonyl (C=O) groups is 2. The van der Waals surface area contributed by atoms with Crippen LogP contribution in [0.25, 0.3) is 6.08 Å². The summed E-state index contributed by atoms with van der Waals surface area (Å²) in [6.45, 7) is 0.726. The van der Waals surface area contributed by atoms with E-state index in [0.29, 0.717) is 15.8 Å². The Morgan fingerprint density at radius 1 is 1.14 bits per heavy atom. The second-order valence-electron chi connectivity index (χ2n) is 6.48. The Morgan fingerprint density at radius 2 is 1.86 bits per heavy atom. The van der Waals surface area contributed by atoms with Gasteiger partial charge in [0, 0.05) is 6.54 Å². The van der Waals surface area contributed by atoms with Crippen LogP contribution in [0, 0.1) is 0 Å². The first-order valence-corrected chi connectivity index (χ1v) is 10.5. The Balaban J connectivity index is 1.51. The molecule has 29 heavy (non-hydrogen) atoms. The molecular formula is C22H21NO4S2. The number of benzene rings is 2. The van der Waals surface area contributed by atoms with Crippen molar-refractivity contribution in [2.24, 2.45) is 0 Å². The number of ether oxygens (including phenoxy) is 1. The maximum atomic E-state index is 12.4. The average Bonchev–Trinajstić information content (AvgIpc) is 2.98. The van der Waals surface area contributed by atoms with Crippen LogP contribution in [0.4, 0.5) is 0 Å². The summed E-state index contributed by atoms with van der Waals surface area (Å²) in [7, 11) is 0. The van der Waals surface area contributed by atoms with E-state index in [9.17, 15) is 9.59 Å². The van der Waals surface area contributed by atoms with Gasteiger partial charge in [0.05, 0.1) is 17.9 Å². The third kappa shape index (κ3) is 6.17. The molecule has 1 heterocycles. The molecule has 2 aromatic carbocycles. The molecule has 1 fully saturated rings. The zero-order chi connectivity index (χ0) is 20.6. The Hall–Kier alpha value is -2.64. The molecule has 1 amide bonds. The van der Waals surface area contributed by atoms with Crippen molar-refractivity contribution >= 4 is 46.3 Å². The number of hydrogen-bond acceptors (Lipinski definition) is 5. The molecule has 0 spiro atoms. The fourth-order valence-corrected chi connectivity index (χ4v) is 4.13. The summed E-state index contributed by atoms with van der Waals surface area (Å²) in [6, 6.07) is 17.8. The number of aliphatic carboxylic acids is 1. The fraction of sp³-hybridized carbons (Fsp3) is 0.227. The Bertz CT molecular complexity index is 910. The van der Waals surface area contributed by atoms with Crippen LogP contribution in [0.3, 0.4) is 0 Å². The number of hydrogen-bond donors (Lipinski definition) is 1. The zero-order valence-electron chi connectivity index (χ0n) is 15.7. The third-order valence-electron chi connectivity index (χ3n) is 4.32. The minimum absolute atomic E-state index is 0.0904. The van der Waals surface area contributed by atoms with E-state index in [1.165, 1.54) is 22.2 Å². The van der Waals surface area contributed by atoms with Gasteiger partial charge in [-0.2, -0.15) is 0 Å². The Kier molecular flexibility index (Phi) is 7.43. The molecule has 1 aliphatic rings. The van der Waals surface area contributed by atoms with Crippen LogP contribution in [0.15, 0.2) is 59.5 Å². The summed E-state index contributed by atoms with van der Waals surface area (Å²) in [5.74, 6) is -0.422. The molecule has 1 N–H and O–H groups in total. The first-order valence-electron chi connectivity index (χ1n) is 9.27.